The molecule has 0 nitrogen and oxygen atoms in total. The van der Waals surface area contributed by atoms with Crippen LogP contribution in [0.4, 0.5) is 0 Å². The van der Waals surface area contributed by atoms with Crippen LogP contribution in [-0.4, -0.2) is 10.2 Å². The minimum Gasteiger partial charge on any atom is -0.214 e. The molecule has 2 heteroatoms. The third kappa shape index (κ3) is 5.30. The average molecular weight is 205 g/mol. The van der Waals surface area contributed by atoms with E-state index in [-0.39, 0.29) is 21.7 Å². The van der Waals surface area contributed by atoms with Gasteiger partial charge in [0.15, 0.2) is 0 Å². The van der Waals surface area contributed by atoms with Crippen molar-refractivity contribution in [2.45, 2.75) is 0 Å². The predicted octanol–water partition coefficient (Wildman–Crippen LogP) is 1.60. The van der Waals surface area contributed by atoms with Crippen molar-refractivity contribution in [3.63, 3.8) is 0 Å². The molecule has 3 radical (unpaired) electrons. The van der Waals surface area contributed by atoms with Crippen molar-refractivity contribution >= 4 is 15.4 Å². The van der Waals surface area contributed by atoms with Crippen molar-refractivity contribution < 1.29 is 21.7 Å². The fourth-order valence-corrected chi connectivity index (χ4v) is 0.887. The van der Waals surface area contributed by atoms with Crippen LogP contribution >= 0.6 is 0 Å². The molecule has 0 heterocycles. The summed E-state index contributed by atoms with van der Waals surface area (Å²) in [6.07, 6.45) is 0. The predicted molar refractivity (Wildman–Crippen MR) is 49.5 cm³/mol. The normalized spacial score (nSPS) is 7.75. The summed E-state index contributed by atoms with van der Waals surface area (Å²) in [7, 11) is 3.33. The van der Waals surface area contributed by atoms with Gasteiger partial charge in [-0.1, -0.05) is 0 Å². The maximum atomic E-state index is 3.33. The van der Waals surface area contributed by atoms with E-state index in [0.717, 1.165) is 5.19 Å². The summed E-state index contributed by atoms with van der Waals surface area (Å²) >= 11 is 0. The summed E-state index contributed by atoms with van der Waals surface area (Å²) in [5.41, 5.74) is 0. The molecule has 0 amide bonds. The molecule has 57 valence electrons. The van der Waals surface area contributed by atoms with Crippen LogP contribution in [0.1, 0.15) is 0 Å². The summed E-state index contributed by atoms with van der Waals surface area (Å²) in [4.78, 5) is 0. The quantitative estimate of drug-likeness (QED) is 0.452. The Labute approximate surface area is 91.7 Å². The van der Waals surface area contributed by atoms with Gasteiger partial charge in [0.05, 0.1) is 0 Å². The van der Waals surface area contributed by atoms with Crippen LogP contribution in [0.25, 0.3) is 0 Å². The molecule has 2 rings (SSSR count). The molecular formula is C10H9SiTi. The van der Waals surface area contributed by atoms with E-state index in [1.807, 2.05) is 54.6 Å². The molecule has 0 saturated heterocycles. The maximum absolute atomic E-state index is 3.33. The molecule has 0 aliphatic carbocycles. The first-order valence-corrected chi connectivity index (χ1v) is 3.99. The van der Waals surface area contributed by atoms with Gasteiger partial charge < -0.3 is 0 Å². The molecule has 0 spiro atoms. The third-order valence-corrected chi connectivity index (χ3v) is 1.55. The van der Waals surface area contributed by atoms with Gasteiger partial charge in [-0.05, 0) is 10.2 Å². The second kappa shape index (κ2) is 7.29. The topological polar surface area (TPSA) is 0 Å². The first kappa shape index (κ1) is 11.6. The molecule has 0 bridgehead atoms. The van der Waals surface area contributed by atoms with Crippen molar-refractivity contribution in [2.75, 3.05) is 0 Å². The van der Waals surface area contributed by atoms with E-state index in [1.165, 1.54) is 0 Å². The number of hydrogen-bond donors (Lipinski definition) is 0. The third-order valence-electron chi connectivity index (χ3n) is 1.22. The van der Waals surface area contributed by atoms with Crippen LogP contribution in [0, 0.1) is 0 Å². The molecule has 2 aromatic carbocycles. The van der Waals surface area contributed by atoms with Crippen LogP contribution in [0.5, 0.6) is 0 Å². The van der Waals surface area contributed by atoms with E-state index in [2.05, 4.69) is 10.2 Å². The Bertz CT molecular complexity index is 228. The summed E-state index contributed by atoms with van der Waals surface area (Å²) in [5.74, 6) is 0. The van der Waals surface area contributed by atoms with Gasteiger partial charge in [-0.2, -0.15) is 35.5 Å². The molecule has 0 saturated carbocycles. The molecule has 0 aliphatic heterocycles. The smallest absolute Gasteiger partial charge is 0.214 e. The Morgan fingerprint density at radius 3 is 1.58 bits per heavy atom. The Hall–Kier alpha value is -0.369. The summed E-state index contributed by atoms with van der Waals surface area (Å²) < 4.78 is 0. The Balaban J connectivity index is 0.000000189. The molecule has 0 unspecified atom stereocenters. The van der Waals surface area contributed by atoms with Crippen molar-refractivity contribution in [2.24, 2.45) is 0 Å². The molecule has 0 N–H and O–H groups in total. The molecule has 0 aliphatic rings. The van der Waals surface area contributed by atoms with E-state index in [1.54, 1.807) is 0 Å². The van der Waals surface area contributed by atoms with E-state index in [4.69, 9.17) is 0 Å². The van der Waals surface area contributed by atoms with Crippen molar-refractivity contribution in [3.05, 3.63) is 54.6 Å². The SMILES string of the molecule is [Si][c-]1cccc1.[Ti+2].c1cc[cH-]c1. The van der Waals surface area contributed by atoms with Gasteiger partial charge in [-0.15, -0.1) is 0 Å². The van der Waals surface area contributed by atoms with Gasteiger partial charge in [0, 0.05) is 0 Å². The van der Waals surface area contributed by atoms with Crippen molar-refractivity contribution in [1.82, 2.24) is 0 Å². The standard InChI is InChI=1S/C5H4Si.C5H5.Ti/c6-5-3-1-2-4-5;1-2-4-5-3-1;/h1-4H;1-5H;/q2*-1;+2. The second-order valence-corrected chi connectivity index (χ2v) is 2.71. The first-order chi connectivity index (χ1) is 5.39. The summed E-state index contributed by atoms with van der Waals surface area (Å²) in [5, 5.41) is 1.15. The minimum atomic E-state index is 0. The van der Waals surface area contributed by atoms with Crippen LogP contribution < -0.4 is 5.19 Å². The fraction of sp³-hybridized carbons (Fsp3) is 0. The molecule has 12 heavy (non-hydrogen) atoms. The Morgan fingerprint density at radius 1 is 0.917 bits per heavy atom. The van der Waals surface area contributed by atoms with Gasteiger partial charge in [-0.3, -0.25) is 0 Å². The van der Waals surface area contributed by atoms with Crippen LogP contribution in [-0.2, 0) is 21.7 Å². The first-order valence-electron chi connectivity index (χ1n) is 3.49. The van der Waals surface area contributed by atoms with E-state index in [0.29, 0.717) is 0 Å². The molecule has 0 atom stereocenters. The minimum absolute atomic E-state index is 0. The van der Waals surface area contributed by atoms with Gasteiger partial charge >= 0.3 is 21.7 Å². The summed E-state index contributed by atoms with van der Waals surface area (Å²) in [6, 6.07) is 18.0. The Morgan fingerprint density at radius 2 is 1.42 bits per heavy atom. The molecular weight excluding hydrogens is 196 g/mol. The molecule has 2 aromatic rings. The zero-order chi connectivity index (χ0) is 7.94. The number of rotatable bonds is 0. The Kier molecular flexibility index (Phi) is 7.07. The van der Waals surface area contributed by atoms with E-state index < -0.39 is 0 Å². The van der Waals surface area contributed by atoms with Gasteiger partial charge in [0.25, 0.3) is 0 Å². The molecule has 0 fully saturated rings. The molecule has 0 aromatic heterocycles. The van der Waals surface area contributed by atoms with Gasteiger partial charge in [-0.25, -0.2) is 24.3 Å². The second-order valence-electron chi connectivity index (χ2n) is 2.14. The van der Waals surface area contributed by atoms with E-state index >= 15 is 0 Å². The summed E-state index contributed by atoms with van der Waals surface area (Å²) in [6.45, 7) is 0. The average Bonchev–Trinajstić information content (AvgIpc) is 2.57. The monoisotopic (exact) mass is 205 g/mol. The van der Waals surface area contributed by atoms with Crippen LogP contribution in [0.15, 0.2) is 54.6 Å². The fourth-order valence-electron chi connectivity index (χ4n) is 0.695. The van der Waals surface area contributed by atoms with Crippen molar-refractivity contribution in [3.8, 4) is 0 Å². The zero-order valence-electron chi connectivity index (χ0n) is 6.70. The van der Waals surface area contributed by atoms with Gasteiger partial charge in [0.2, 0.25) is 0 Å². The van der Waals surface area contributed by atoms with Crippen LogP contribution in [0.2, 0.25) is 0 Å². The zero-order valence-corrected chi connectivity index (χ0v) is 9.26. The van der Waals surface area contributed by atoms with Gasteiger partial charge in [0.1, 0.15) is 0 Å². The van der Waals surface area contributed by atoms with E-state index in [9.17, 15) is 0 Å². The van der Waals surface area contributed by atoms with Crippen LogP contribution in [0.3, 0.4) is 0 Å². The van der Waals surface area contributed by atoms with Crippen molar-refractivity contribution in [1.29, 1.82) is 0 Å². The maximum Gasteiger partial charge on any atom is 2.00 e. The number of hydrogen-bond acceptors (Lipinski definition) is 0. The largest absolute Gasteiger partial charge is 2.00 e.